The zero-order valence-corrected chi connectivity index (χ0v) is 13.9. The highest BCUT2D eigenvalue weighted by molar-refractivity contribution is 5.40. The number of aliphatic hydroxyl groups excluding tert-OH is 1. The Labute approximate surface area is 119 Å². The average Bonchev–Trinajstić information content (AvgIpc) is 2.19. The Balaban J connectivity index is 3.12. The van der Waals surface area contributed by atoms with Crippen LogP contribution in [0.1, 0.15) is 63.8 Å². The second-order valence-electron chi connectivity index (χ2n) is 7.92. The first-order valence-electron chi connectivity index (χ1n) is 7.21. The molecule has 19 heavy (non-hydrogen) atoms. The lowest BCUT2D eigenvalue weighted by Crippen LogP contribution is -2.28. The van der Waals surface area contributed by atoms with Gasteiger partial charge in [0.2, 0.25) is 0 Å². The van der Waals surface area contributed by atoms with E-state index in [1.54, 1.807) is 0 Å². The van der Waals surface area contributed by atoms with Crippen LogP contribution in [0.25, 0.3) is 0 Å². The van der Waals surface area contributed by atoms with Gasteiger partial charge in [-0.15, -0.1) is 0 Å². The van der Waals surface area contributed by atoms with Crippen molar-refractivity contribution in [2.24, 2.45) is 5.41 Å². The number of rotatable bonds is 2. The number of hydrogen-bond donors (Lipinski definition) is 1. The summed E-state index contributed by atoms with van der Waals surface area (Å²) in [6.45, 7) is 17.3. The first-order valence-corrected chi connectivity index (χ1v) is 7.21. The van der Waals surface area contributed by atoms with Crippen LogP contribution in [0, 0.1) is 19.3 Å². The third kappa shape index (κ3) is 4.07. The van der Waals surface area contributed by atoms with Gasteiger partial charge >= 0.3 is 0 Å². The zero-order chi connectivity index (χ0) is 15.0. The molecule has 0 bridgehead atoms. The fourth-order valence-electron chi connectivity index (χ4n) is 2.25. The van der Waals surface area contributed by atoms with Gasteiger partial charge in [-0.2, -0.15) is 0 Å². The number of hydrogen-bond acceptors (Lipinski definition) is 1. The second kappa shape index (κ2) is 5.28. The standard InChI is InChI=1S/C18H30O/c1-12-9-14(17(3,4)5)10-13(2)15(12)11-16(19)18(6,7)8/h9-10,16,19H,11H2,1-8H3. The van der Waals surface area contributed by atoms with Crippen molar-refractivity contribution in [2.45, 2.75) is 73.3 Å². The quantitative estimate of drug-likeness (QED) is 0.829. The van der Waals surface area contributed by atoms with E-state index in [4.69, 9.17) is 0 Å². The minimum Gasteiger partial charge on any atom is -0.392 e. The van der Waals surface area contributed by atoms with Gasteiger partial charge in [0.25, 0.3) is 0 Å². The summed E-state index contributed by atoms with van der Waals surface area (Å²) in [7, 11) is 0. The smallest absolute Gasteiger partial charge is 0.0628 e. The molecule has 1 nitrogen and oxygen atoms in total. The molecule has 0 saturated carbocycles. The summed E-state index contributed by atoms with van der Waals surface area (Å²) in [5, 5.41) is 10.3. The number of aliphatic hydroxyl groups is 1. The Morgan fingerprint density at radius 3 is 1.68 bits per heavy atom. The molecular formula is C18H30O. The zero-order valence-electron chi connectivity index (χ0n) is 13.9. The number of benzene rings is 1. The van der Waals surface area contributed by atoms with Crippen molar-refractivity contribution < 1.29 is 5.11 Å². The van der Waals surface area contributed by atoms with E-state index in [1.165, 1.54) is 22.3 Å². The summed E-state index contributed by atoms with van der Waals surface area (Å²) in [4.78, 5) is 0. The first kappa shape index (κ1) is 16.2. The molecule has 0 fully saturated rings. The van der Waals surface area contributed by atoms with Crippen LogP contribution >= 0.6 is 0 Å². The third-order valence-electron chi connectivity index (χ3n) is 3.96. The topological polar surface area (TPSA) is 20.2 Å². The highest BCUT2D eigenvalue weighted by Gasteiger charge is 2.24. The van der Waals surface area contributed by atoms with E-state index in [0.717, 1.165) is 6.42 Å². The normalized spacial score (nSPS) is 14.6. The number of aryl methyl sites for hydroxylation is 2. The predicted molar refractivity (Wildman–Crippen MR) is 83.8 cm³/mol. The maximum atomic E-state index is 10.3. The summed E-state index contributed by atoms with van der Waals surface area (Å²) in [5.41, 5.74) is 5.38. The molecule has 1 atom stereocenters. The monoisotopic (exact) mass is 262 g/mol. The highest BCUT2D eigenvalue weighted by atomic mass is 16.3. The van der Waals surface area contributed by atoms with Crippen LogP contribution in [-0.2, 0) is 11.8 Å². The van der Waals surface area contributed by atoms with Crippen molar-refractivity contribution in [3.05, 3.63) is 34.4 Å². The van der Waals surface area contributed by atoms with Gasteiger partial charge in [0.15, 0.2) is 0 Å². The molecule has 1 aromatic carbocycles. The fraction of sp³-hybridized carbons (Fsp3) is 0.667. The molecule has 0 aliphatic rings. The summed E-state index contributed by atoms with van der Waals surface area (Å²) in [6.07, 6.45) is 0.441. The van der Waals surface area contributed by atoms with E-state index < -0.39 is 0 Å². The molecule has 1 rings (SSSR count). The lowest BCUT2D eigenvalue weighted by Gasteiger charge is -2.28. The summed E-state index contributed by atoms with van der Waals surface area (Å²) >= 11 is 0. The Morgan fingerprint density at radius 2 is 1.37 bits per heavy atom. The molecule has 0 spiro atoms. The average molecular weight is 262 g/mol. The Bertz CT molecular complexity index is 421. The summed E-state index contributed by atoms with van der Waals surface area (Å²) in [5.74, 6) is 0. The minimum atomic E-state index is -0.301. The molecule has 1 N–H and O–H groups in total. The van der Waals surface area contributed by atoms with Crippen molar-refractivity contribution in [1.29, 1.82) is 0 Å². The fourth-order valence-corrected chi connectivity index (χ4v) is 2.25. The van der Waals surface area contributed by atoms with Crippen molar-refractivity contribution in [1.82, 2.24) is 0 Å². The molecule has 1 unspecified atom stereocenters. The minimum absolute atomic E-state index is 0.0679. The van der Waals surface area contributed by atoms with Crippen LogP contribution in [-0.4, -0.2) is 11.2 Å². The SMILES string of the molecule is Cc1cc(C(C)(C)C)cc(C)c1CC(O)C(C)(C)C. The molecule has 0 saturated heterocycles. The Morgan fingerprint density at radius 1 is 0.947 bits per heavy atom. The summed E-state index contributed by atoms with van der Waals surface area (Å²) in [6, 6.07) is 4.55. The van der Waals surface area contributed by atoms with Crippen LogP contribution in [0.5, 0.6) is 0 Å². The molecule has 0 heterocycles. The van der Waals surface area contributed by atoms with Gasteiger partial charge in [-0.25, -0.2) is 0 Å². The van der Waals surface area contributed by atoms with Crippen molar-refractivity contribution in [3.8, 4) is 0 Å². The van der Waals surface area contributed by atoms with Crippen LogP contribution < -0.4 is 0 Å². The molecular weight excluding hydrogens is 232 g/mol. The molecule has 0 aliphatic heterocycles. The van der Waals surface area contributed by atoms with Gasteiger partial charge in [-0.05, 0) is 53.4 Å². The lowest BCUT2D eigenvalue weighted by molar-refractivity contribution is 0.0633. The predicted octanol–water partition coefficient (Wildman–Crippen LogP) is 4.55. The molecule has 108 valence electrons. The molecule has 0 aromatic heterocycles. The maximum Gasteiger partial charge on any atom is 0.0628 e. The van der Waals surface area contributed by atoms with Gasteiger partial charge in [-0.3, -0.25) is 0 Å². The van der Waals surface area contributed by atoms with Crippen molar-refractivity contribution >= 4 is 0 Å². The van der Waals surface area contributed by atoms with E-state index >= 15 is 0 Å². The highest BCUT2D eigenvalue weighted by Crippen LogP contribution is 2.29. The van der Waals surface area contributed by atoms with Crippen LogP contribution in [0.4, 0.5) is 0 Å². The van der Waals surface area contributed by atoms with E-state index in [0.29, 0.717) is 0 Å². The molecule has 1 aromatic rings. The third-order valence-corrected chi connectivity index (χ3v) is 3.96. The molecule has 1 heteroatoms. The van der Waals surface area contributed by atoms with Gasteiger partial charge in [0, 0.05) is 0 Å². The molecule has 0 aliphatic carbocycles. The summed E-state index contributed by atoms with van der Waals surface area (Å²) < 4.78 is 0. The van der Waals surface area contributed by atoms with Crippen LogP contribution in [0.2, 0.25) is 0 Å². The van der Waals surface area contributed by atoms with Gasteiger partial charge in [0.05, 0.1) is 6.10 Å². The van der Waals surface area contributed by atoms with Crippen LogP contribution in [0.3, 0.4) is 0 Å². The van der Waals surface area contributed by atoms with Gasteiger partial charge in [0.1, 0.15) is 0 Å². The van der Waals surface area contributed by atoms with E-state index in [2.05, 4.69) is 67.5 Å². The van der Waals surface area contributed by atoms with E-state index in [9.17, 15) is 5.11 Å². The van der Waals surface area contributed by atoms with E-state index in [-0.39, 0.29) is 16.9 Å². The van der Waals surface area contributed by atoms with Crippen molar-refractivity contribution in [3.63, 3.8) is 0 Å². The van der Waals surface area contributed by atoms with Gasteiger partial charge in [-0.1, -0.05) is 53.7 Å². The first-order chi connectivity index (χ1) is 8.43. The molecule has 0 radical (unpaired) electrons. The van der Waals surface area contributed by atoms with Crippen molar-refractivity contribution in [2.75, 3.05) is 0 Å². The Kier molecular flexibility index (Phi) is 4.51. The largest absolute Gasteiger partial charge is 0.392 e. The second-order valence-corrected chi connectivity index (χ2v) is 7.92. The lowest BCUT2D eigenvalue weighted by atomic mass is 9.80. The molecule has 0 amide bonds. The van der Waals surface area contributed by atoms with Gasteiger partial charge < -0.3 is 5.11 Å². The maximum absolute atomic E-state index is 10.3. The van der Waals surface area contributed by atoms with E-state index in [1.807, 2.05) is 0 Å². The Hall–Kier alpha value is -0.820. The van der Waals surface area contributed by atoms with Crippen LogP contribution in [0.15, 0.2) is 12.1 Å².